The summed E-state index contributed by atoms with van der Waals surface area (Å²) in [4.78, 5) is 0. The molecule has 0 saturated carbocycles. The summed E-state index contributed by atoms with van der Waals surface area (Å²) in [5.41, 5.74) is 3.24. The highest BCUT2D eigenvalue weighted by atomic mass is 16.5. The van der Waals surface area contributed by atoms with Gasteiger partial charge >= 0.3 is 0 Å². The van der Waals surface area contributed by atoms with E-state index in [0.717, 1.165) is 57.0 Å². The third-order valence-corrected chi connectivity index (χ3v) is 8.98. The lowest BCUT2D eigenvalue weighted by molar-refractivity contribution is 0.301. The van der Waals surface area contributed by atoms with E-state index in [0.29, 0.717) is 24.3 Å². The number of fused-ring (bicyclic) bond motifs is 2. The van der Waals surface area contributed by atoms with Crippen LogP contribution in [0.15, 0.2) is 60.7 Å². The van der Waals surface area contributed by atoms with Crippen LogP contribution in [-0.2, 0) is 0 Å². The molecule has 0 atom stereocenters. The maximum absolute atomic E-state index is 9.61. The van der Waals surface area contributed by atoms with E-state index in [2.05, 4.69) is 38.1 Å². The van der Waals surface area contributed by atoms with Crippen LogP contribution < -0.4 is 9.47 Å². The van der Waals surface area contributed by atoms with Gasteiger partial charge in [0, 0.05) is 11.1 Å². The van der Waals surface area contributed by atoms with Gasteiger partial charge in [-0.1, -0.05) is 128 Å². The smallest absolute Gasteiger partial charge is 0.127 e. The molecule has 0 spiro atoms. The van der Waals surface area contributed by atoms with Crippen molar-refractivity contribution in [3.8, 4) is 34.8 Å². The van der Waals surface area contributed by atoms with Gasteiger partial charge in [-0.3, -0.25) is 0 Å². The van der Waals surface area contributed by atoms with Crippen LogP contribution in [-0.4, -0.2) is 13.2 Å². The van der Waals surface area contributed by atoms with Crippen molar-refractivity contribution in [1.82, 2.24) is 0 Å². The van der Waals surface area contributed by atoms with Crippen molar-refractivity contribution in [3.05, 3.63) is 71.8 Å². The molecule has 0 fully saturated rings. The van der Waals surface area contributed by atoms with E-state index >= 15 is 0 Å². The monoisotopic (exact) mass is 616 g/mol. The van der Waals surface area contributed by atoms with Crippen molar-refractivity contribution < 1.29 is 9.47 Å². The second-order valence-corrected chi connectivity index (χ2v) is 12.6. The number of rotatable bonds is 21. The van der Waals surface area contributed by atoms with Gasteiger partial charge in [0.2, 0.25) is 0 Å². The number of benzene rings is 4. The van der Waals surface area contributed by atoms with Gasteiger partial charge in [-0.05, 0) is 70.8 Å². The number of ether oxygens (including phenoxy) is 2. The van der Waals surface area contributed by atoms with Crippen LogP contribution in [0.5, 0.6) is 11.5 Å². The minimum absolute atomic E-state index is 0.633. The zero-order valence-electron chi connectivity index (χ0n) is 28.2. The van der Waals surface area contributed by atoms with Gasteiger partial charge in [-0.25, -0.2) is 0 Å². The van der Waals surface area contributed by atoms with E-state index in [1.165, 1.54) is 89.9 Å². The van der Waals surface area contributed by atoms with Crippen LogP contribution in [0.3, 0.4) is 0 Å². The lowest BCUT2D eigenvalue weighted by atomic mass is 9.91. The Hall–Kier alpha value is -4.02. The first-order valence-corrected chi connectivity index (χ1v) is 17.9. The van der Waals surface area contributed by atoms with E-state index < -0.39 is 0 Å². The summed E-state index contributed by atoms with van der Waals surface area (Å²) in [5, 5.41) is 23.3. The van der Waals surface area contributed by atoms with E-state index in [9.17, 15) is 10.5 Å². The summed E-state index contributed by atoms with van der Waals surface area (Å²) in [6, 6.07) is 24.5. The maximum atomic E-state index is 9.61. The number of nitrogens with zero attached hydrogens (tertiary/aromatic N) is 2. The molecule has 0 aliphatic carbocycles. The zero-order chi connectivity index (χ0) is 32.4. The van der Waals surface area contributed by atoms with E-state index in [4.69, 9.17) is 9.47 Å². The fraction of sp³-hybridized carbons (Fsp3) is 0.476. The molecule has 46 heavy (non-hydrogen) atoms. The van der Waals surface area contributed by atoms with Crippen LogP contribution in [0.1, 0.15) is 128 Å². The van der Waals surface area contributed by atoms with Gasteiger partial charge < -0.3 is 9.47 Å². The standard InChI is InChI=1S/C42H52N2O2/c1-3-5-7-9-11-13-15-17-27-45-39-25-21-35-29-33(31-43)19-23-37(35)41(39)42-38-24-20-34(32-44)30-36(38)22-26-40(42)46-28-18-16-14-12-10-8-6-4-2/h19-26,29-30H,3-18,27-28H2,1-2H3. The summed E-state index contributed by atoms with van der Waals surface area (Å²) in [6.45, 7) is 5.83. The van der Waals surface area contributed by atoms with Crippen molar-refractivity contribution in [3.63, 3.8) is 0 Å². The molecule has 0 heterocycles. The highest BCUT2D eigenvalue weighted by molar-refractivity contribution is 6.10. The van der Waals surface area contributed by atoms with Crippen molar-refractivity contribution in [2.75, 3.05) is 13.2 Å². The second kappa shape index (κ2) is 19.5. The van der Waals surface area contributed by atoms with Crippen molar-refractivity contribution in [2.24, 2.45) is 0 Å². The van der Waals surface area contributed by atoms with Crippen molar-refractivity contribution in [1.29, 1.82) is 10.5 Å². The first kappa shape index (κ1) is 34.8. The highest BCUT2D eigenvalue weighted by Crippen LogP contribution is 2.46. The Kier molecular flexibility index (Phi) is 14.8. The summed E-state index contributed by atoms with van der Waals surface area (Å²) in [6.07, 6.45) is 20.0. The van der Waals surface area contributed by atoms with Crippen LogP contribution in [0, 0.1) is 22.7 Å². The Morgan fingerprint density at radius 1 is 0.457 bits per heavy atom. The fourth-order valence-electron chi connectivity index (χ4n) is 6.35. The van der Waals surface area contributed by atoms with Crippen LogP contribution in [0.2, 0.25) is 0 Å². The molecule has 0 saturated heterocycles. The molecule has 0 N–H and O–H groups in total. The SMILES string of the molecule is CCCCCCCCCCOc1ccc2cc(C#N)ccc2c1-c1c(OCCCCCCCCCC)ccc2cc(C#N)ccc12. The molecular formula is C42H52N2O2. The molecule has 0 unspecified atom stereocenters. The molecule has 0 aliphatic heterocycles. The van der Waals surface area contributed by atoms with Gasteiger partial charge in [-0.2, -0.15) is 10.5 Å². The topological polar surface area (TPSA) is 66.0 Å². The van der Waals surface area contributed by atoms with Gasteiger partial charge in [0.1, 0.15) is 11.5 Å². The molecule has 4 heteroatoms. The molecule has 242 valence electrons. The van der Waals surface area contributed by atoms with Crippen LogP contribution in [0.4, 0.5) is 0 Å². The number of nitriles is 2. The molecule has 4 rings (SSSR count). The predicted molar refractivity (Wildman–Crippen MR) is 193 cm³/mol. The van der Waals surface area contributed by atoms with Gasteiger partial charge in [0.15, 0.2) is 0 Å². The zero-order valence-corrected chi connectivity index (χ0v) is 28.2. The quantitative estimate of drug-likeness (QED) is 0.0873. The van der Waals surface area contributed by atoms with E-state index in [1.807, 2.05) is 48.5 Å². The molecule has 0 bridgehead atoms. The summed E-state index contributed by atoms with van der Waals surface area (Å²) < 4.78 is 13.2. The number of hydrogen-bond donors (Lipinski definition) is 0. The van der Waals surface area contributed by atoms with Gasteiger partial charge in [0.25, 0.3) is 0 Å². The Morgan fingerprint density at radius 2 is 0.826 bits per heavy atom. The summed E-state index contributed by atoms with van der Waals surface area (Å²) in [5.74, 6) is 1.66. The van der Waals surface area contributed by atoms with Crippen LogP contribution in [0.25, 0.3) is 32.7 Å². The Labute approximate surface area is 277 Å². The third-order valence-electron chi connectivity index (χ3n) is 8.98. The molecule has 0 aliphatic rings. The first-order valence-electron chi connectivity index (χ1n) is 17.9. The molecule has 0 radical (unpaired) electrons. The average Bonchev–Trinajstić information content (AvgIpc) is 3.09. The second-order valence-electron chi connectivity index (χ2n) is 12.6. The molecule has 4 aromatic rings. The van der Waals surface area contributed by atoms with Crippen molar-refractivity contribution in [2.45, 2.75) is 117 Å². The number of unbranched alkanes of at least 4 members (excludes halogenated alkanes) is 14. The number of hydrogen-bond acceptors (Lipinski definition) is 4. The van der Waals surface area contributed by atoms with E-state index in [1.54, 1.807) is 0 Å². The molecule has 0 amide bonds. The van der Waals surface area contributed by atoms with Crippen LogP contribution >= 0.6 is 0 Å². The molecule has 4 aromatic carbocycles. The van der Waals surface area contributed by atoms with E-state index in [-0.39, 0.29) is 0 Å². The third kappa shape index (κ3) is 9.99. The Bertz CT molecular complexity index is 1490. The fourth-order valence-corrected chi connectivity index (χ4v) is 6.35. The normalized spacial score (nSPS) is 11.0. The molecular weight excluding hydrogens is 564 g/mol. The average molecular weight is 617 g/mol. The molecule has 0 aromatic heterocycles. The predicted octanol–water partition coefficient (Wildman–Crippen LogP) is 12.4. The lowest BCUT2D eigenvalue weighted by Gasteiger charge is -2.20. The minimum Gasteiger partial charge on any atom is -0.493 e. The molecule has 4 nitrogen and oxygen atoms in total. The Morgan fingerprint density at radius 3 is 1.20 bits per heavy atom. The Balaban J connectivity index is 1.62. The van der Waals surface area contributed by atoms with Gasteiger partial charge in [0.05, 0.1) is 36.5 Å². The summed E-state index contributed by atoms with van der Waals surface area (Å²) in [7, 11) is 0. The maximum Gasteiger partial charge on any atom is 0.127 e. The first-order chi connectivity index (χ1) is 22.7. The highest BCUT2D eigenvalue weighted by Gasteiger charge is 2.20. The minimum atomic E-state index is 0.633. The largest absolute Gasteiger partial charge is 0.493 e. The lowest BCUT2D eigenvalue weighted by Crippen LogP contribution is -2.03. The summed E-state index contributed by atoms with van der Waals surface area (Å²) >= 11 is 0. The van der Waals surface area contributed by atoms with Crippen molar-refractivity contribution >= 4 is 21.5 Å². The van der Waals surface area contributed by atoms with Gasteiger partial charge in [-0.15, -0.1) is 0 Å².